The van der Waals surface area contributed by atoms with E-state index >= 15 is 0 Å². The third-order valence-corrected chi connectivity index (χ3v) is 4.35. The molecule has 1 aromatic rings. The predicted octanol–water partition coefficient (Wildman–Crippen LogP) is 3.71. The Kier molecular flexibility index (Phi) is 5.71. The monoisotopic (exact) mass is 307 g/mol. The molecule has 2 rings (SSSR count). The molecule has 21 heavy (non-hydrogen) atoms. The number of amides is 1. The number of benzene rings is 1. The second-order valence-electron chi connectivity index (χ2n) is 5.87. The summed E-state index contributed by atoms with van der Waals surface area (Å²) in [7, 11) is 0. The molecule has 1 aromatic carbocycles. The second-order valence-corrected chi connectivity index (χ2v) is 6.75. The molecule has 116 valence electrons. The van der Waals surface area contributed by atoms with Gasteiger partial charge in [0, 0.05) is 17.5 Å². The fraction of sp³-hybridized carbons (Fsp3) is 0.588. The van der Waals surface area contributed by atoms with E-state index in [1.165, 1.54) is 10.5 Å². The minimum Gasteiger partial charge on any atom is -0.366 e. The largest absolute Gasteiger partial charge is 0.366 e. The summed E-state index contributed by atoms with van der Waals surface area (Å²) >= 11 is 1.73. The van der Waals surface area contributed by atoms with Crippen LogP contribution in [0, 0.1) is 0 Å². The molecule has 1 aliphatic carbocycles. The van der Waals surface area contributed by atoms with E-state index in [9.17, 15) is 4.79 Å². The maximum absolute atomic E-state index is 12.6. The number of hydrogen-bond donors (Lipinski definition) is 0. The van der Waals surface area contributed by atoms with Crippen LogP contribution in [0.4, 0.5) is 0 Å². The summed E-state index contributed by atoms with van der Waals surface area (Å²) in [6, 6.07) is 8.86. The van der Waals surface area contributed by atoms with Crippen LogP contribution in [0.2, 0.25) is 0 Å². The van der Waals surface area contributed by atoms with Crippen LogP contribution >= 0.6 is 11.8 Å². The van der Waals surface area contributed by atoms with Gasteiger partial charge in [-0.15, -0.1) is 11.8 Å². The van der Waals surface area contributed by atoms with Crippen LogP contribution in [0.15, 0.2) is 29.2 Å². The topological polar surface area (TPSA) is 29.5 Å². The van der Waals surface area contributed by atoms with Crippen molar-refractivity contribution in [3.63, 3.8) is 0 Å². The number of carbonyl (C=O) groups excluding carboxylic acids is 1. The fourth-order valence-electron chi connectivity index (χ4n) is 2.40. The van der Waals surface area contributed by atoms with Crippen LogP contribution in [0.1, 0.15) is 39.2 Å². The standard InChI is InChI=1S/C17H25NO2S/c1-12(2)20-13(3)17(19)18(15-7-8-15)11-14-5-9-16(21-4)10-6-14/h5-6,9-10,12-13,15H,7-8,11H2,1-4H3/t13-/m0/s1. The van der Waals surface area contributed by atoms with E-state index in [1.807, 2.05) is 25.7 Å². The highest BCUT2D eigenvalue weighted by molar-refractivity contribution is 7.98. The molecule has 0 bridgehead atoms. The van der Waals surface area contributed by atoms with Crippen molar-refractivity contribution in [2.24, 2.45) is 0 Å². The molecule has 0 unspecified atom stereocenters. The van der Waals surface area contributed by atoms with Gasteiger partial charge < -0.3 is 9.64 Å². The average Bonchev–Trinajstić information content (AvgIpc) is 3.28. The van der Waals surface area contributed by atoms with Crippen LogP contribution in [0.3, 0.4) is 0 Å². The highest BCUT2D eigenvalue weighted by Gasteiger charge is 2.35. The fourth-order valence-corrected chi connectivity index (χ4v) is 2.81. The molecule has 0 spiro atoms. The van der Waals surface area contributed by atoms with Gasteiger partial charge in [0.15, 0.2) is 0 Å². The minimum atomic E-state index is -0.365. The van der Waals surface area contributed by atoms with E-state index in [0.29, 0.717) is 12.6 Å². The number of rotatable bonds is 7. The first kappa shape index (κ1) is 16.4. The van der Waals surface area contributed by atoms with Crippen molar-refractivity contribution in [1.82, 2.24) is 4.90 Å². The quantitative estimate of drug-likeness (QED) is 0.719. The third kappa shape index (κ3) is 4.75. The van der Waals surface area contributed by atoms with Gasteiger partial charge in [-0.1, -0.05) is 12.1 Å². The van der Waals surface area contributed by atoms with E-state index < -0.39 is 0 Å². The lowest BCUT2D eigenvalue weighted by Crippen LogP contribution is -2.41. The summed E-state index contributed by atoms with van der Waals surface area (Å²) < 4.78 is 5.65. The molecular formula is C17H25NO2S. The number of thioether (sulfide) groups is 1. The molecule has 0 aliphatic heterocycles. The van der Waals surface area contributed by atoms with E-state index in [1.54, 1.807) is 11.8 Å². The molecule has 0 aromatic heterocycles. The molecule has 4 heteroatoms. The normalized spacial score (nSPS) is 16.0. The molecule has 0 heterocycles. The molecule has 0 N–H and O–H groups in total. The minimum absolute atomic E-state index is 0.0749. The Balaban J connectivity index is 2.03. The maximum Gasteiger partial charge on any atom is 0.251 e. The van der Waals surface area contributed by atoms with Crippen molar-refractivity contribution in [2.45, 2.75) is 63.3 Å². The van der Waals surface area contributed by atoms with Gasteiger partial charge in [0.2, 0.25) is 0 Å². The molecule has 0 saturated heterocycles. The first-order valence-electron chi connectivity index (χ1n) is 7.60. The van der Waals surface area contributed by atoms with Gasteiger partial charge in [0.05, 0.1) is 6.10 Å². The number of nitrogens with zero attached hydrogens (tertiary/aromatic N) is 1. The summed E-state index contributed by atoms with van der Waals surface area (Å²) in [6.45, 7) is 6.47. The molecule has 1 amide bonds. The van der Waals surface area contributed by atoms with E-state index in [4.69, 9.17) is 4.74 Å². The first-order valence-corrected chi connectivity index (χ1v) is 8.82. The zero-order valence-electron chi connectivity index (χ0n) is 13.3. The van der Waals surface area contributed by atoms with Crippen molar-refractivity contribution in [2.75, 3.05) is 6.26 Å². The van der Waals surface area contributed by atoms with E-state index in [2.05, 4.69) is 30.5 Å². The summed E-state index contributed by atoms with van der Waals surface area (Å²) in [5.74, 6) is 0.111. The lowest BCUT2D eigenvalue weighted by molar-refractivity contribution is -0.146. The maximum atomic E-state index is 12.6. The number of hydrogen-bond acceptors (Lipinski definition) is 3. The molecule has 1 atom stereocenters. The van der Waals surface area contributed by atoms with E-state index in [0.717, 1.165) is 12.8 Å². The van der Waals surface area contributed by atoms with Gasteiger partial charge in [-0.3, -0.25) is 4.79 Å². The van der Waals surface area contributed by atoms with Gasteiger partial charge in [-0.05, 0) is 57.6 Å². The molecule has 3 nitrogen and oxygen atoms in total. The molecule has 1 aliphatic rings. The summed E-state index contributed by atoms with van der Waals surface area (Å²) in [5.41, 5.74) is 1.18. The van der Waals surface area contributed by atoms with Crippen LogP contribution in [0.5, 0.6) is 0 Å². The van der Waals surface area contributed by atoms with E-state index in [-0.39, 0.29) is 18.1 Å². The zero-order chi connectivity index (χ0) is 15.4. The van der Waals surface area contributed by atoms with Crippen LogP contribution < -0.4 is 0 Å². The Bertz CT molecular complexity index is 468. The molecular weight excluding hydrogens is 282 g/mol. The van der Waals surface area contributed by atoms with Crippen LogP contribution in [0.25, 0.3) is 0 Å². The highest BCUT2D eigenvalue weighted by Crippen LogP contribution is 2.29. The third-order valence-electron chi connectivity index (χ3n) is 3.61. The van der Waals surface area contributed by atoms with Gasteiger partial charge >= 0.3 is 0 Å². The smallest absolute Gasteiger partial charge is 0.251 e. The second kappa shape index (κ2) is 7.32. The van der Waals surface area contributed by atoms with Gasteiger partial charge in [-0.25, -0.2) is 0 Å². The summed E-state index contributed by atoms with van der Waals surface area (Å²) in [6.07, 6.45) is 4.01. The molecule has 0 radical (unpaired) electrons. The Morgan fingerprint density at radius 2 is 1.90 bits per heavy atom. The van der Waals surface area contributed by atoms with Crippen molar-refractivity contribution in [1.29, 1.82) is 0 Å². The predicted molar refractivity (Wildman–Crippen MR) is 87.5 cm³/mol. The van der Waals surface area contributed by atoms with Crippen molar-refractivity contribution in [3.8, 4) is 0 Å². The highest BCUT2D eigenvalue weighted by atomic mass is 32.2. The average molecular weight is 307 g/mol. The van der Waals surface area contributed by atoms with Crippen LogP contribution in [-0.4, -0.2) is 35.3 Å². The molecule has 1 saturated carbocycles. The Morgan fingerprint density at radius 1 is 1.29 bits per heavy atom. The van der Waals surface area contributed by atoms with Crippen molar-refractivity contribution >= 4 is 17.7 Å². The SMILES string of the molecule is CSc1ccc(CN(C(=O)[C@H](C)OC(C)C)C2CC2)cc1. The van der Waals surface area contributed by atoms with Crippen molar-refractivity contribution in [3.05, 3.63) is 29.8 Å². The van der Waals surface area contributed by atoms with Gasteiger partial charge in [0.25, 0.3) is 5.91 Å². The number of ether oxygens (including phenoxy) is 1. The zero-order valence-corrected chi connectivity index (χ0v) is 14.2. The summed E-state index contributed by atoms with van der Waals surface area (Å²) in [4.78, 5) is 15.8. The number of carbonyl (C=O) groups is 1. The lowest BCUT2D eigenvalue weighted by Gasteiger charge is -2.27. The Hall–Kier alpha value is -1.00. The van der Waals surface area contributed by atoms with Crippen LogP contribution in [-0.2, 0) is 16.1 Å². The lowest BCUT2D eigenvalue weighted by atomic mass is 10.2. The van der Waals surface area contributed by atoms with Gasteiger partial charge in [-0.2, -0.15) is 0 Å². The Morgan fingerprint density at radius 3 is 2.38 bits per heavy atom. The molecule has 1 fully saturated rings. The Labute approximate surface area is 132 Å². The van der Waals surface area contributed by atoms with Gasteiger partial charge in [0.1, 0.15) is 6.10 Å². The first-order chi connectivity index (χ1) is 10.0. The van der Waals surface area contributed by atoms with Crippen molar-refractivity contribution < 1.29 is 9.53 Å². The summed E-state index contributed by atoms with van der Waals surface area (Å²) in [5, 5.41) is 0.